The van der Waals surface area contributed by atoms with E-state index < -0.39 is 10.1 Å². The second-order valence-corrected chi connectivity index (χ2v) is 11.9. The van der Waals surface area contributed by atoms with E-state index in [1.54, 1.807) is 7.11 Å². The molecule has 1 fully saturated rings. The predicted octanol–water partition coefficient (Wildman–Crippen LogP) is 5.70. The van der Waals surface area contributed by atoms with Crippen molar-refractivity contribution in [1.82, 2.24) is 14.8 Å². The van der Waals surface area contributed by atoms with Crippen molar-refractivity contribution in [2.24, 2.45) is 0 Å². The van der Waals surface area contributed by atoms with Gasteiger partial charge in [-0.2, -0.15) is 8.42 Å². The minimum Gasteiger partial charge on any atom is -0.497 e. The summed E-state index contributed by atoms with van der Waals surface area (Å²) in [6.07, 6.45) is 2.35. The Balaban J connectivity index is 1.40. The number of hydrogen-bond donors (Lipinski definition) is 2. The van der Waals surface area contributed by atoms with Crippen LogP contribution in [0, 0.1) is 0 Å². The van der Waals surface area contributed by atoms with Crippen molar-refractivity contribution in [2.45, 2.75) is 28.8 Å². The highest BCUT2D eigenvalue weighted by molar-refractivity contribution is 9.10. The highest BCUT2D eigenvalue weighted by atomic mass is 79.9. The second kappa shape index (κ2) is 10.3. The number of thioether (sulfide) groups is 1. The number of ether oxygens (including phenoxy) is 1. The number of carbonyl (C=O) groups is 1. The van der Waals surface area contributed by atoms with Crippen molar-refractivity contribution in [1.29, 1.82) is 0 Å². The van der Waals surface area contributed by atoms with Gasteiger partial charge in [-0.15, -0.1) is 10.2 Å². The molecule has 3 aromatic carbocycles. The van der Waals surface area contributed by atoms with Crippen molar-refractivity contribution < 1.29 is 22.5 Å². The van der Waals surface area contributed by atoms with Crippen molar-refractivity contribution in [2.75, 3.05) is 18.2 Å². The van der Waals surface area contributed by atoms with Crippen LogP contribution < -0.4 is 10.1 Å². The van der Waals surface area contributed by atoms with E-state index >= 15 is 0 Å². The lowest BCUT2D eigenvalue weighted by molar-refractivity contribution is -0.113. The average molecular weight is 624 g/mol. The van der Waals surface area contributed by atoms with E-state index in [0.29, 0.717) is 15.8 Å². The van der Waals surface area contributed by atoms with Crippen LogP contribution in [0.1, 0.15) is 24.3 Å². The van der Waals surface area contributed by atoms with Gasteiger partial charge < -0.3 is 10.1 Å². The topological polar surface area (TPSA) is 123 Å². The molecule has 192 valence electrons. The number of benzene rings is 3. The van der Waals surface area contributed by atoms with Crippen molar-refractivity contribution >= 4 is 71.8 Å². The zero-order valence-electron chi connectivity index (χ0n) is 19.3. The number of nitrogens with zero attached hydrogens (tertiary/aromatic N) is 3. The van der Waals surface area contributed by atoms with Gasteiger partial charge in [0.25, 0.3) is 10.1 Å². The van der Waals surface area contributed by atoms with Gasteiger partial charge in [-0.1, -0.05) is 35.5 Å². The molecular formula is C24H20BrClN4O5S2. The number of hydrogen-bond acceptors (Lipinski definition) is 7. The molecule has 0 aliphatic heterocycles. The molecule has 13 heteroatoms. The Hall–Kier alpha value is -2.64. The number of rotatable bonds is 8. The first-order valence-electron chi connectivity index (χ1n) is 11.1. The predicted molar refractivity (Wildman–Crippen MR) is 146 cm³/mol. The van der Waals surface area contributed by atoms with E-state index in [1.807, 2.05) is 22.8 Å². The van der Waals surface area contributed by atoms with E-state index in [-0.39, 0.29) is 27.3 Å². The van der Waals surface area contributed by atoms with Crippen LogP contribution in [0.2, 0.25) is 5.02 Å². The molecule has 2 N–H and O–H groups in total. The van der Waals surface area contributed by atoms with Gasteiger partial charge in [-0.3, -0.25) is 13.9 Å². The standard InChI is InChI=1S/C24H20BrClN4O5S2/c1-35-14-4-6-17-16(13-2-3-13)7-9-21(18(17)10-14)30-23(25)28-29-24(30)36-12-22(31)27-20-8-5-15(11-19(20)26)37(32,33)34/h4-11,13H,2-3,12H2,1H3,(H,27,31)(H,32,33,34). The number of aromatic nitrogens is 3. The maximum atomic E-state index is 12.7. The molecule has 0 radical (unpaired) electrons. The monoisotopic (exact) mass is 622 g/mol. The lowest BCUT2D eigenvalue weighted by Gasteiger charge is -2.15. The fourth-order valence-corrected chi connectivity index (χ4v) is 6.13. The molecule has 9 nitrogen and oxygen atoms in total. The Morgan fingerprint density at radius 3 is 2.65 bits per heavy atom. The van der Waals surface area contributed by atoms with Crippen LogP contribution in [-0.2, 0) is 14.9 Å². The van der Waals surface area contributed by atoms with E-state index in [0.717, 1.165) is 34.3 Å². The van der Waals surface area contributed by atoms with Gasteiger partial charge in [-0.05, 0) is 82.0 Å². The summed E-state index contributed by atoms with van der Waals surface area (Å²) in [6, 6.07) is 13.7. The van der Waals surface area contributed by atoms with Crippen LogP contribution in [0.4, 0.5) is 5.69 Å². The van der Waals surface area contributed by atoms with E-state index in [4.69, 9.17) is 20.9 Å². The third kappa shape index (κ3) is 5.48. The van der Waals surface area contributed by atoms with Crippen LogP contribution in [-0.4, -0.2) is 46.5 Å². The summed E-state index contributed by atoms with van der Waals surface area (Å²) in [6.45, 7) is 0. The first-order chi connectivity index (χ1) is 17.7. The van der Waals surface area contributed by atoms with E-state index in [1.165, 1.54) is 36.2 Å². The fourth-order valence-electron chi connectivity index (χ4n) is 4.03. The third-order valence-electron chi connectivity index (χ3n) is 5.93. The van der Waals surface area contributed by atoms with Crippen molar-refractivity contribution in [3.05, 3.63) is 63.9 Å². The number of methoxy groups -OCH3 is 1. The summed E-state index contributed by atoms with van der Waals surface area (Å²) < 4.78 is 39.5. The molecule has 1 aromatic heterocycles. The van der Waals surface area contributed by atoms with Gasteiger partial charge in [-0.25, -0.2) is 0 Å². The molecule has 5 rings (SSSR count). The molecule has 0 unspecified atom stereocenters. The van der Waals surface area contributed by atoms with Gasteiger partial charge in [0.1, 0.15) is 5.75 Å². The number of halogens is 2. The number of carbonyl (C=O) groups excluding carboxylic acids is 1. The van der Waals surface area contributed by atoms with Gasteiger partial charge in [0.05, 0.1) is 34.2 Å². The van der Waals surface area contributed by atoms with Gasteiger partial charge in [0, 0.05) is 5.39 Å². The molecule has 1 aliphatic carbocycles. The first-order valence-corrected chi connectivity index (χ1v) is 14.7. The largest absolute Gasteiger partial charge is 0.497 e. The smallest absolute Gasteiger partial charge is 0.294 e. The average Bonchev–Trinajstić information content (AvgIpc) is 3.64. The Labute approximate surface area is 230 Å². The Kier molecular flexibility index (Phi) is 7.20. The minimum atomic E-state index is -4.40. The maximum absolute atomic E-state index is 12.7. The quantitative estimate of drug-likeness (QED) is 0.189. The maximum Gasteiger partial charge on any atom is 0.294 e. The summed E-state index contributed by atoms with van der Waals surface area (Å²) in [4.78, 5) is 12.3. The fraction of sp³-hybridized carbons (Fsp3) is 0.208. The van der Waals surface area contributed by atoms with Crippen LogP contribution in [0.5, 0.6) is 5.75 Å². The summed E-state index contributed by atoms with van der Waals surface area (Å²) in [7, 11) is -2.77. The molecule has 1 heterocycles. The van der Waals surface area contributed by atoms with Gasteiger partial charge in [0.15, 0.2) is 5.16 Å². The molecule has 37 heavy (non-hydrogen) atoms. The number of fused-ring (bicyclic) bond motifs is 1. The lowest BCUT2D eigenvalue weighted by Crippen LogP contribution is -2.15. The number of anilines is 1. The molecule has 4 aromatic rings. The molecule has 0 bridgehead atoms. The number of nitrogens with one attached hydrogen (secondary N) is 1. The minimum absolute atomic E-state index is 0.0110. The molecule has 1 aliphatic rings. The molecule has 0 saturated heterocycles. The Bertz CT molecular complexity index is 1640. The van der Waals surface area contributed by atoms with Crippen LogP contribution in [0.15, 0.2) is 63.3 Å². The lowest BCUT2D eigenvalue weighted by atomic mass is 9.99. The first kappa shape index (κ1) is 26.0. The van der Waals surface area contributed by atoms with E-state index in [2.05, 4.69) is 43.6 Å². The molecule has 1 amide bonds. The van der Waals surface area contributed by atoms with E-state index in [9.17, 15) is 13.2 Å². The van der Waals surface area contributed by atoms with Crippen LogP contribution in [0.25, 0.3) is 16.5 Å². The zero-order valence-corrected chi connectivity index (χ0v) is 23.3. The highest BCUT2D eigenvalue weighted by Crippen LogP contribution is 2.45. The molecule has 0 spiro atoms. The van der Waals surface area contributed by atoms with Crippen LogP contribution >= 0.6 is 39.3 Å². The SMILES string of the molecule is COc1ccc2c(C3CC3)ccc(-n3c(Br)nnc3SCC(=O)Nc3ccc(S(=O)(=O)O)cc3Cl)c2c1. The summed E-state index contributed by atoms with van der Waals surface area (Å²) in [5.41, 5.74) is 2.37. The third-order valence-corrected chi connectivity index (χ3v) is 8.54. The normalized spacial score (nSPS) is 13.6. The van der Waals surface area contributed by atoms with Gasteiger partial charge >= 0.3 is 0 Å². The molecule has 0 atom stereocenters. The highest BCUT2D eigenvalue weighted by Gasteiger charge is 2.27. The zero-order chi connectivity index (χ0) is 26.3. The summed E-state index contributed by atoms with van der Waals surface area (Å²) >= 11 is 10.8. The van der Waals surface area contributed by atoms with Crippen molar-refractivity contribution in [3.8, 4) is 11.4 Å². The van der Waals surface area contributed by atoms with Crippen molar-refractivity contribution in [3.63, 3.8) is 0 Å². The summed E-state index contributed by atoms with van der Waals surface area (Å²) in [5.74, 6) is 0.900. The second-order valence-electron chi connectivity index (χ2n) is 8.40. The Morgan fingerprint density at radius 1 is 1.19 bits per heavy atom. The Morgan fingerprint density at radius 2 is 1.97 bits per heavy atom. The molecule has 1 saturated carbocycles. The molecular weight excluding hydrogens is 604 g/mol. The summed E-state index contributed by atoms with van der Waals surface area (Å²) in [5, 5.41) is 13.7. The van der Waals surface area contributed by atoms with Crippen LogP contribution in [0.3, 0.4) is 0 Å². The van der Waals surface area contributed by atoms with Gasteiger partial charge in [0.2, 0.25) is 10.6 Å². The number of amides is 1.